The van der Waals surface area contributed by atoms with Crippen LogP contribution in [0.5, 0.6) is 0 Å². The third-order valence-electron chi connectivity index (χ3n) is 2.71. The largest absolute Gasteiger partial charge is 0.469 e. The van der Waals surface area contributed by atoms with Crippen molar-refractivity contribution in [2.45, 2.75) is 24.2 Å². The van der Waals surface area contributed by atoms with Crippen LogP contribution in [-0.4, -0.2) is 32.4 Å². The van der Waals surface area contributed by atoms with E-state index in [0.717, 1.165) is 25.9 Å². The zero-order valence-electron chi connectivity index (χ0n) is 11.1. The lowest BCUT2D eigenvalue weighted by molar-refractivity contribution is -0.140. The summed E-state index contributed by atoms with van der Waals surface area (Å²) < 4.78 is 4.58. The molecular formula is C14H21NO2S. The van der Waals surface area contributed by atoms with Crippen molar-refractivity contribution in [3.8, 4) is 0 Å². The first-order valence-corrected chi connectivity index (χ1v) is 7.39. The number of rotatable bonds is 8. The van der Waals surface area contributed by atoms with Crippen LogP contribution in [0.25, 0.3) is 0 Å². The normalized spacial score (nSPS) is 10.3. The first kappa shape index (κ1) is 15.1. The Kier molecular flexibility index (Phi) is 7.53. The predicted molar refractivity (Wildman–Crippen MR) is 76.0 cm³/mol. The van der Waals surface area contributed by atoms with Crippen molar-refractivity contribution in [3.63, 3.8) is 0 Å². The second-order valence-corrected chi connectivity index (χ2v) is 4.91. The first-order chi connectivity index (χ1) is 8.76. The topological polar surface area (TPSA) is 38.3 Å². The third kappa shape index (κ3) is 6.07. The van der Waals surface area contributed by atoms with Gasteiger partial charge in [-0.05, 0) is 49.9 Å². The van der Waals surface area contributed by atoms with Crippen molar-refractivity contribution in [1.82, 2.24) is 5.32 Å². The van der Waals surface area contributed by atoms with Gasteiger partial charge in [0.25, 0.3) is 0 Å². The average molecular weight is 267 g/mol. The molecule has 0 bridgehead atoms. The lowest BCUT2D eigenvalue weighted by atomic mass is 10.1. The van der Waals surface area contributed by atoms with E-state index in [9.17, 15) is 4.79 Å². The average Bonchev–Trinajstić information content (AvgIpc) is 2.43. The molecular weight excluding hydrogens is 246 g/mol. The Morgan fingerprint density at radius 3 is 2.61 bits per heavy atom. The summed E-state index contributed by atoms with van der Waals surface area (Å²) in [6.07, 6.45) is 4.43. The van der Waals surface area contributed by atoms with E-state index in [1.54, 1.807) is 11.8 Å². The maximum atomic E-state index is 10.9. The van der Waals surface area contributed by atoms with Crippen LogP contribution < -0.4 is 5.32 Å². The number of hydrogen-bond acceptors (Lipinski definition) is 4. The zero-order valence-corrected chi connectivity index (χ0v) is 11.9. The molecule has 0 aromatic heterocycles. The molecule has 1 aromatic rings. The summed E-state index contributed by atoms with van der Waals surface area (Å²) in [5.41, 5.74) is 1.34. The highest BCUT2D eigenvalue weighted by atomic mass is 32.2. The van der Waals surface area contributed by atoms with Crippen molar-refractivity contribution < 1.29 is 9.53 Å². The molecule has 0 saturated heterocycles. The van der Waals surface area contributed by atoms with Gasteiger partial charge in [0.2, 0.25) is 0 Å². The summed E-state index contributed by atoms with van der Waals surface area (Å²) in [5.74, 6) is -0.135. The molecule has 0 aliphatic heterocycles. The van der Waals surface area contributed by atoms with Crippen molar-refractivity contribution in [2.75, 3.05) is 26.5 Å². The van der Waals surface area contributed by atoms with Gasteiger partial charge in [-0.2, -0.15) is 0 Å². The molecule has 3 nitrogen and oxygen atoms in total. The molecule has 18 heavy (non-hydrogen) atoms. The van der Waals surface area contributed by atoms with Gasteiger partial charge >= 0.3 is 5.97 Å². The predicted octanol–water partition coefficient (Wildman–Crippen LogP) is 2.49. The summed E-state index contributed by atoms with van der Waals surface area (Å²) in [5, 5.41) is 3.33. The van der Waals surface area contributed by atoms with E-state index in [0.29, 0.717) is 6.42 Å². The van der Waals surface area contributed by atoms with Crippen LogP contribution in [0.15, 0.2) is 29.2 Å². The van der Waals surface area contributed by atoms with Gasteiger partial charge in [-0.15, -0.1) is 11.8 Å². The SMILES string of the molecule is COC(=O)CCCNCCc1ccc(SC)cc1. The molecule has 1 rings (SSSR count). The van der Waals surface area contributed by atoms with Gasteiger partial charge in [-0.3, -0.25) is 4.79 Å². The summed E-state index contributed by atoms with van der Waals surface area (Å²) in [7, 11) is 1.42. The van der Waals surface area contributed by atoms with Crippen molar-refractivity contribution >= 4 is 17.7 Å². The zero-order chi connectivity index (χ0) is 13.2. The highest BCUT2D eigenvalue weighted by molar-refractivity contribution is 7.98. The molecule has 0 amide bonds. The Bertz CT molecular complexity index is 351. The number of carbonyl (C=O) groups excluding carboxylic acids is 1. The van der Waals surface area contributed by atoms with Gasteiger partial charge in [0, 0.05) is 11.3 Å². The summed E-state index contributed by atoms with van der Waals surface area (Å²) >= 11 is 1.76. The second-order valence-electron chi connectivity index (χ2n) is 4.03. The minimum absolute atomic E-state index is 0.135. The number of methoxy groups -OCH3 is 1. The summed E-state index contributed by atoms with van der Waals surface area (Å²) in [6.45, 7) is 1.80. The van der Waals surface area contributed by atoms with Crippen LogP contribution in [0.2, 0.25) is 0 Å². The molecule has 0 aliphatic rings. The Morgan fingerprint density at radius 2 is 2.00 bits per heavy atom. The Labute approximate surface area is 113 Å². The minimum atomic E-state index is -0.135. The van der Waals surface area contributed by atoms with E-state index >= 15 is 0 Å². The maximum absolute atomic E-state index is 10.9. The molecule has 0 heterocycles. The van der Waals surface area contributed by atoms with Gasteiger partial charge < -0.3 is 10.1 Å². The monoisotopic (exact) mass is 267 g/mol. The molecule has 0 atom stereocenters. The van der Waals surface area contributed by atoms with E-state index in [1.807, 2.05) is 0 Å². The molecule has 0 saturated carbocycles. The van der Waals surface area contributed by atoms with Crippen molar-refractivity contribution in [1.29, 1.82) is 0 Å². The molecule has 0 spiro atoms. The van der Waals surface area contributed by atoms with Crippen LogP contribution >= 0.6 is 11.8 Å². The van der Waals surface area contributed by atoms with E-state index < -0.39 is 0 Å². The standard InChI is InChI=1S/C14H21NO2S/c1-17-14(16)4-3-10-15-11-9-12-5-7-13(18-2)8-6-12/h5-8,15H,3-4,9-11H2,1-2H3. The lowest BCUT2D eigenvalue weighted by Gasteiger charge is -2.05. The Morgan fingerprint density at radius 1 is 1.28 bits per heavy atom. The molecule has 100 valence electrons. The smallest absolute Gasteiger partial charge is 0.305 e. The fraction of sp³-hybridized carbons (Fsp3) is 0.500. The van der Waals surface area contributed by atoms with Gasteiger partial charge in [-0.25, -0.2) is 0 Å². The van der Waals surface area contributed by atoms with Crippen LogP contribution in [0.3, 0.4) is 0 Å². The van der Waals surface area contributed by atoms with Crippen LogP contribution in [0.1, 0.15) is 18.4 Å². The van der Waals surface area contributed by atoms with E-state index in [4.69, 9.17) is 0 Å². The number of carbonyl (C=O) groups is 1. The van der Waals surface area contributed by atoms with E-state index in [2.05, 4.69) is 40.6 Å². The van der Waals surface area contributed by atoms with Crippen LogP contribution in [0.4, 0.5) is 0 Å². The fourth-order valence-electron chi connectivity index (χ4n) is 1.61. The minimum Gasteiger partial charge on any atom is -0.469 e. The summed E-state index contributed by atoms with van der Waals surface area (Å²) in [6, 6.07) is 8.64. The molecule has 0 unspecified atom stereocenters. The number of ether oxygens (including phenoxy) is 1. The van der Waals surface area contributed by atoms with Gasteiger partial charge in [0.15, 0.2) is 0 Å². The molecule has 0 aliphatic carbocycles. The highest BCUT2D eigenvalue weighted by Gasteiger charge is 1.99. The molecule has 0 fully saturated rings. The third-order valence-corrected chi connectivity index (χ3v) is 3.46. The number of hydrogen-bond donors (Lipinski definition) is 1. The van der Waals surface area contributed by atoms with Crippen LogP contribution in [-0.2, 0) is 16.0 Å². The van der Waals surface area contributed by atoms with Gasteiger partial charge in [-0.1, -0.05) is 12.1 Å². The van der Waals surface area contributed by atoms with E-state index in [1.165, 1.54) is 17.6 Å². The Balaban J connectivity index is 2.08. The molecule has 4 heteroatoms. The van der Waals surface area contributed by atoms with Gasteiger partial charge in [0.05, 0.1) is 7.11 Å². The van der Waals surface area contributed by atoms with Crippen molar-refractivity contribution in [2.24, 2.45) is 0 Å². The van der Waals surface area contributed by atoms with Gasteiger partial charge in [0.1, 0.15) is 0 Å². The van der Waals surface area contributed by atoms with Crippen LogP contribution in [0, 0.1) is 0 Å². The second kappa shape index (κ2) is 9.00. The Hall–Kier alpha value is -1.00. The molecule has 1 N–H and O–H groups in total. The number of esters is 1. The highest BCUT2D eigenvalue weighted by Crippen LogP contribution is 2.14. The number of nitrogens with one attached hydrogen (secondary N) is 1. The molecule has 1 aromatic carbocycles. The first-order valence-electron chi connectivity index (χ1n) is 6.16. The van der Waals surface area contributed by atoms with E-state index in [-0.39, 0.29) is 5.97 Å². The van der Waals surface area contributed by atoms with Crippen molar-refractivity contribution in [3.05, 3.63) is 29.8 Å². The number of benzene rings is 1. The lowest BCUT2D eigenvalue weighted by Crippen LogP contribution is -2.19. The quantitative estimate of drug-likeness (QED) is 0.446. The summed E-state index contributed by atoms with van der Waals surface area (Å²) in [4.78, 5) is 12.2. The molecule has 0 radical (unpaired) electrons. The number of thioether (sulfide) groups is 1. The fourth-order valence-corrected chi connectivity index (χ4v) is 2.02. The maximum Gasteiger partial charge on any atom is 0.305 e.